The van der Waals surface area contributed by atoms with Crippen LogP contribution in [0.15, 0.2) is 11.1 Å². The molecule has 22 heteroatoms. The van der Waals surface area contributed by atoms with Gasteiger partial charge in [-0.1, -0.05) is 0 Å². The summed E-state index contributed by atoms with van der Waals surface area (Å²) in [4.78, 5) is 66.6. The molecule has 180 valence electrons. The molecule has 0 aliphatic carbocycles. The van der Waals surface area contributed by atoms with Gasteiger partial charge in [0.25, 0.3) is 5.56 Å². The van der Waals surface area contributed by atoms with Gasteiger partial charge in [0.15, 0.2) is 17.4 Å². The molecule has 2 aromatic heterocycles. The first-order chi connectivity index (χ1) is 14.6. The molecule has 3 heterocycles. The van der Waals surface area contributed by atoms with Crippen molar-refractivity contribution in [3.63, 3.8) is 0 Å². The van der Waals surface area contributed by atoms with Crippen LogP contribution in [0.25, 0.3) is 11.2 Å². The molecule has 0 radical (unpaired) electrons. The summed E-state index contributed by atoms with van der Waals surface area (Å²) >= 11 is 0. The monoisotopic (exact) mass is 523 g/mol. The number of hydrogen-bond donors (Lipinski definition) is 8. The van der Waals surface area contributed by atoms with E-state index in [2.05, 4.69) is 28.3 Å². The topological polar surface area (TPSA) is 299 Å². The molecule has 0 amide bonds. The van der Waals surface area contributed by atoms with Crippen LogP contribution in [0.3, 0.4) is 0 Å². The number of imidazole rings is 1. The lowest BCUT2D eigenvalue weighted by Gasteiger charge is -2.21. The summed E-state index contributed by atoms with van der Waals surface area (Å²) in [5.41, 5.74) is 4.32. The van der Waals surface area contributed by atoms with Crippen LogP contribution in [0, 0.1) is 0 Å². The van der Waals surface area contributed by atoms with E-state index in [0.29, 0.717) is 0 Å². The number of H-pyrrole nitrogens is 1. The zero-order valence-electron chi connectivity index (χ0n) is 15.3. The molecular weight excluding hydrogens is 507 g/mol. The van der Waals surface area contributed by atoms with Crippen LogP contribution in [0.5, 0.6) is 0 Å². The van der Waals surface area contributed by atoms with Gasteiger partial charge in [-0.15, -0.1) is 0 Å². The average molecular weight is 523 g/mol. The Hall–Kier alpha value is -1.56. The van der Waals surface area contributed by atoms with Gasteiger partial charge in [-0.25, -0.2) is 18.7 Å². The summed E-state index contributed by atoms with van der Waals surface area (Å²) in [6.45, 7) is -1.09. The molecule has 19 nitrogen and oxygen atoms in total. The number of ether oxygens (including phenoxy) is 1. The number of phosphoric ester groups is 2. The molecule has 5 unspecified atom stereocenters. The Balaban J connectivity index is 1.91. The quantitative estimate of drug-likeness (QED) is 0.168. The van der Waals surface area contributed by atoms with Crippen molar-refractivity contribution in [1.29, 1.82) is 0 Å². The second kappa shape index (κ2) is 8.66. The lowest BCUT2D eigenvalue weighted by atomic mass is 10.1. The van der Waals surface area contributed by atoms with Crippen LogP contribution in [0.1, 0.15) is 6.23 Å². The first kappa shape index (κ1) is 25.1. The van der Waals surface area contributed by atoms with E-state index in [1.54, 1.807) is 0 Å². The summed E-state index contributed by atoms with van der Waals surface area (Å²) in [6.07, 6.45) is -6.06. The maximum absolute atomic E-state index is 11.9. The summed E-state index contributed by atoms with van der Waals surface area (Å²) in [5, 5.41) is 10.5. The Kier molecular flexibility index (Phi) is 6.78. The Morgan fingerprint density at radius 1 is 1.19 bits per heavy atom. The van der Waals surface area contributed by atoms with Gasteiger partial charge in [0.1, 0.15) is 18.3 Å². The number of hydrogen-bond acceptors (Lipinski definition) is 12. The van der Waals surface area contributed by atoms with Crippen LogP contribution in [0.4, 0.5) is 5.95 Å². The van der Waals surface area contributed by atoms with Crippen LogP contribution >= 0.6 is 23.5 Å². The molecule has 5 atom stereocenters. The van der Waals surface area contributed by atoms with E-state index >= 15 is 0 Å². The smallest absolute Gasteiger partial charge is 0.386 e. The van der Waals surface area contributed by atoms with Gasteiger partial charge in [-0.2, -0.15) is 9.29 Å². The van der Waals surface area contributed by atoms with Crippen molar-refractivity contribution >= 4 is 40.6 Å². The van der Waals surface area contributed by atoms with E-state index in [1.807, 2.05) is 0 Å². The summed E-state index contributed by atoms with van der Waals surface area (Å²) < 4.78 is 52.5. The fourth-order valence-corrected chi connectivity index (χ4v) is 5.00. The Morgan fingerprint density at radius 3 is 2.44 bits per heavy atom. The van der Waals surface area contributed by atoms with E-state index < -0.39 is 60.2 Å². The summed E-state index contributed by atoms with van der Waals surface area (Å²) in [5.74, 6) is -0.324. The first-order valence-electron chi connectivity index (χ1n) is 8.10. The number of rotatable bonds is 8. The van der Waals surface area contributed by atoms with E-state index in [0.717, 1.165) is 10.9 Å². The second-order valence-corrected chi connectivity index (χ2v) is 10.2. The maximum atomic E-state index is 11.9. The number of nitrogens with two attached hydrogens (primary N) is 1. The number of nitrogen functional groups attached to an aromatic ring is 1. The largest absolute Gasteiger partial charge is 0.481 e. The SMILES string of the molecule is Nc1nc2c(ncn2C2OC(COP(=O)(O)OP(=O)(O)O)C(OP(=O)(O)O)C2O)c(=O)[nH]1. The number of nitrogens with one attached hydrogen (secondary N) is 1. The van der Waals surface area contributed by atoms with Crippen molar-refractivity contribution in [1.82, 2.24) is 19.5 Å². The van der Waals surface area contributed by atoms with E-state index in [9.17, 15) is 28.5 Å². The molecule has 1 saturated heterocycles. The third-order valence-corrected chi connectivity index (χ3v) is 6.57. The molecule has 0 spiro atoms. The van der Waals surface area contributed by atoms with Gasteiger partial charge in [-0.05, 0) is 0 Å². The van der Waals surface area contributed by atoms with Gasteiger partial charge >= 0.3 is 23.5 Å². The lowest BCUT2D eigenvalue weighted by molar-refractivity contribution is -0.0501. The minimum absolute atomic E-state index is 0.190. The molecule has 3 rings (SSSR count). The standard InChI is InChI=1S/C10H16N5O14P3/c11-10-13-7-4(8(17)14-10)12-2-15(7)9-5(16)6(28-30(18,19)20)3(27-9)1-26-32(24,25)29-31(21,22)23/h2-3,5-6,9,16H,1H2,(H,24,25)(H2,18,19,20)(H2,21,22,23)(H3,11,13,14,17). The van der Waals surface area contributed by atoms with Crippen LogP contribution < -0.4 is 11.3 Å². The van der Waals surface area contributed by atoms with Gasteiger partial charge in [0, 0.05) is 0 Å². The maximum Gasteiger partial charge on any atom is 0.481 e. The Bertz CT molecular complexity index is 1200. The summed E-state index contributed by atoms with van der Waals surface area (Å²) in [7, 11) is -16.1. The number of anilines is 1. The van der Waals surface area contributed by atoms with E-state index in [1.165, 1.54) is 0 Å². The van der Waals surface area contributed by atoms with Crippen molar-refractivity contribution in [2.45, 2.75) is 24.5 Å². The van der Waals surface area contributed by atoms with Crippen LogP contribution in [-0.4, -0.2) is 74.0 Å². The highest BCUT2D eigenvalue weighted by atomic mass is 31.3. The van der Waals surface area contributed by atoms with Crippen LogP contribution in [0.2, 0.25) is 0 Å². The number of aliphatic hydroxyl groups is 1. The Labute approximate surface area is 175 Å². The van der Waals surface area contributed by atoms with Gasteiger partial charge in [-0.3, -0.25) is 23.4 Å². The molecule has 0 aromatic carbocycles. The molecule has 1 aliphatic heterocycles. The van der Waals surface area contributed by atoms with E-state index in [-0.39, 0.29) is 17.1 Å². The van der Waals surface area contributed by atoms with Crippen molar-refractivity contribution in [3.05, 3.63) is 16.7 Å². The zero-order chi connectivity index (χ0) is 24.1. The highest BCUT2D eigenvalue weighted by Crippen LogP contribution is 2.58. The molecule has 1 aliphatic rings. The number of aromatic amines is 1. The second-order valence-electron chi connectivity index (χ2n) is 6.23. The fraction of sp³-hybridized carbons (Fsp3) is 0.500. The molecule has 1 fully saturated rings. The molecule has 32 heavy (non-hydrogen) atoms. The minimum atomic E-state index is -5.45. The third-order valence-electron chi connectivity index (χ3n) is 3.90. The fourth-order valence-electron chi connectivity index (χ4n) is 2.83. The number of aromatic nitrogens is 4. The van der Waals surface area contributed by atoms with Crippen molar-refractivity contribution in [3.8, 4) is 0 Å². The number of fused-ring (bicyclic) bond motifs is 1. The normalized spacial score (nSPS) is 26.4. The van der Waals surface area contributed by atoms with Crippen molar-refractivity contribution in [2.24, 2.45) is 0 Å². The first-order valence-corrected chi connectivity index (χ1v) is 12.7. The molecule has 0 saturated carbocycles. The van der Waals surface area contributed by atoms with Crippen molar-refractivity contribution < 1.29 is 61.4 Å². The number of nitrogens with zero attached hydrogens (tertiary/aromatic N) is 3. The predicted octanol–water partition coefficient (Wildman–Crippen LogP) is -2.34. The average Bonchev–Trinajstić information content (AvgIpc) is 3.12. The molecule has 9 N–H and O–H groups in total. The summed E-state index contributed by atoms with van der Waals surface area (Å²) in [6, 6.07) is 0. The number of aliphatic hydroxyl groups excluding tert-OH is 1. The van der Waals surface area contributed by atoms with Crippen molar-refractivity contribution in [2.75, 3.05) is 12.3 Å². The predicted molar refractivity (Wildman–Crippen MR) is 98.3 cm³/mol. The Morgan fingerprint density at radius 2 is 1.84 bits per heavy atom. The minimum Gasteiger partial charge on any atom is -0.386 e. The van der Waals surface area contributed by atoms with Gasteiger partial charge in [0.2, 0.25) is 5.95 Å². The molecule has 0 bridgehead atoms. The third kappa shape index (κ3) is 5.86. The molecule has 2 aromatic rings. The highest BCUT2D eigenvalue weighted by Gasteiger charge is 2.50. The van der Waals surface area contributed by atoms with Gasteiger partial charge < -0.3 is 40.0 Å². The van der Waals surface area contributed by atoms with Crippen LogP contribution in [-0.2, 0) is 31.8 Å². The highest BCUT2D eigenvalue weighted by molar-refractivity contribution is 7.60. The molecular formula is C10H16N5O14P3. The van der Waals surface area contributed by atoms with E-state index in [4.69, 9.17) is 30.0 Å². The van der Waals surface area contributed by atoms with Gasteiger partial charge in [0.05, 0.1) is 12.9 Å². The lowest BCUT2D eigenvalue weighted by Crippen LogP contribution is -2.35. The zero-order valence-corrected chi connectivity index (χ0v) is 18.0. The number of phosphoric acid groups is 3.